The van der Waals surface area contributed by atoms with Crippen molar-refractivity contribution in [2.45, 2.75) is 38.6 Å². The molecular formula is C15H21N3O2S. The van der Waals surface area contributed by atoms with E-state index in [9.17, 15) is 8.42 Å². The number of benzene rings is 1. The van der Waals surface area contributed by atoms with Crippen LogP contribution in [0.1, 0.15) is 38.1 Å². The Kier molecular flexibility index (Phi) is 4.20. The monoisotopic (exact) mass is 307 g/mol. The van der Waals surface area contributed by atoms with Gasteiger partial charge in [0.1, 0.15) is 4.90 Å². The van der Waals surface area contributed by atoms with Crippen LogP contribution in [0.5, 0.6) is 0 Å². The highest BCUT2D eigenvalue weighted by Gasteiger charge is 2.31. The Hall–Kier alpha value is -1.66. The van der Waals surface area contributed by atoms with Crippen molar-refractivity contribution in [2.24, 2.45) is 5.41 Å². The molecule has 0 aliphatic rings. The van der Waals surface area contributed by atoms with Crippen molar-refractivity contribution < 1.29 is 8.42 Å². The minimum Gasteiger partial charge on any atom is -0.281 e. The van der Waals surface area contributed by atoms with Crippen LogP contribution in [0.4, 0.5) is 0 Å². The van der Waals surface area contributed by atoms with Gasteiger partial charge in [0.05, 0.1) is 17.9 Å². The Morgan fingerprint density at radius 2 is 1.81 bits per heavy atom. The highest BCUT2D eigenvalue weighted by molar-refractivity contribution is 7.89. The van der Waals surface area contributed by atoms with Crippen LogP contribution in [0.3, 0.4) is 0 Å². The summed E-state index contributed by atoms with van der Waals surface area (Å²) in [5.41, 5.74) is 1.21. The second kappa shape index (κ2) is 5.61. The van der Waals surface area contributed by atoms with Gasteiger partial charge in [-0.25, -0.2) is 13.1 Å². The first-order valence-electron chi connectivity index (χ1n) is 6.79. The molecule has 2 N–H and O–H groups in total. The highest BCUT2D eigenvalue weighted by Crippen LogP contribution is 2.34. The zero-order chi connectivity index (χ0) is 15.7. The molecule has 5 nitrogen and oxygen atoms in total. The third-order valence-corrected chi connectivity index (χ3v) is 4.88. The van der Waals surface area contributed by atoms with Gasteiger partial charge in [0.15, 0.2) is 0 Å². The van der Waals surface area contributed by atoms with Gasteiger partial charge in [-0.15, -0.1) is 0 Å². The topological polar surface area (TPSA) is 74.8 Å². The van der Waals surface area contributed by atoms with Crippen molar-refractivity contribution >= 4 is 10.0 Å². The summed E-state index contributed by atoms with van der Waals surface area (Å²) in [5, 5.41) is 6.44. The van der Waals surface area contributed by atoms with E-state index < -0.39 is 10.0 Å². The molecule has 0 aliphatic carbocycles. The summed E-state index contributed by atoms with van der Waals surface area (Å²) in [4.78, 5) is 0.188. The Morgan fingerprint density at radius 1 is 1.19 bits per heavy atom. The van der Waals surface area contributed by atoms with Crippen molar-refractivity contribution in [3.05, 3.63) is 47.8 Å². The maximum atomic E-state index is 12.6. The number of H-pyrrole nitrogens is 1. The molecule has 1 heterocycles. The number of sulfonamides is 1. The number of rotatable bonds is 4. The quantitative estimate of drug-likeness (QED) is 0.912. The first-order valence-corrected chi connectivity index (χ1v) is 8.27. The Labute approximate surface area is 125 Å². The van der Waals surface area contributed by atoms with Gasteiger partial charge >= 0.3 is 0 Å². The molecule has 2 rings (SSSR count). The lowest BCUT2D eigenvalue weighted by Gasteiger charge is -2.31. The summed E-state index contributed by atoms with van der Waals surface area (Å²) in [6, 6.07) is 9.27. The first kappa shape index (κ1) is 15.7. The van der Waals surface area contributed by atoms with Crippen molar-refractivity contribution in [1.29, 1.82) is 0 Å². The van der Waals surface area contributed by atoms with Gasteiger partial charge in [-0.05, 0) is 17.9 Å². The summed E-state index contributed by atoms with van der Waals surface area (Å²) < 4.78 is 28.0. The maximum absolute atomic E-state index is 12.6. The molecule has 21 heavy (non-hydrogen) atoms. The van der Waals surface area contributed by atoms with E-state index in [-0.39, 0.29) is 16.4 Å². The molecule has 1 aromatic carbocycles. The Morgan fingerprint density at radius 3 is 2.29 bits per heavy atom. The molecule has 0 amide bonds. The third kappa shape index (κ3) is 3.51. The molecule has 1 unspecified atom stereocenters. The number of aromatic amines is 1. The number of aryl methyl sites for hydroxylation is 1. The van der Waals surface area contributed by atoms with Crippen molar-refractivity contribution in [2.75, 3.05) is 0 Å². The molecule has 0 saturated heterocycles. The van der Waals surface area contributed by atoms with Gasteiger partial charge in [0, 0.05) is 0 Å². The zero-order valence-corrected chi connectivity index (χ0v) is 13.5. The van der Waals surface area contributed by atoms with Gasteiger partial charge < -0.3 is 0 Å². The van der Waals surface area contributed by atoms with Crippen LogP contribution < -0.4 is 4.72 Å². The average molecular weight is 307 g/mol. The molecular weight excluding hydrogens is 286 g/mol. The van der Waals surface area contributed by atoms with Gasteiger partial charge in [-0.3, -0.25) is 5.10 Å². The van der Waals surface area contributed by atoms with E-state index in [1.54, 1.807) is 6.92 Å². The van der Waals surface area contributed by atoms with Gasteiger partial charge in [-0.1, -0.05) is 51.1 Å². The maximum Gasteiger partial charge on any atom is 0.244 e. The number of hydrogen-bond donors (Lipinski definition) is 2. The van der Waals surface area contributed by atoms with E-state index in [2.05, 4.69) is 14.9 Å². The Balaban J connectivity index is 2.39. The third-order valence-electron chi connectivity index (χ3n) is 3.35. The van der Waals surface area contributed by atoms with Crippen LogP contribution in [0, 0.1) is 12.3 Å². The Bertz CT molecular complexity index is 700. The second-order valence-electron chi connectivity index (χ2n) is 6.19. The lowest BCUT2D eigenvalue weighted by molar-refractivity contribution is 0.304. The van der Waals surface area contributed by atoms with E-state index in [0.717, 1.165) is 5.56 Å². The van der Waals surface area contributed by atoms with Crippen LogP contribution in [-0.2, 0) is 10.0 Å². The van der Waals surface area contributed by atoms with E-state index in [0.29, 0.717) is 5.69 Å². The fraction of sp³-hybridized carbons (Fsp3) is 0.400. The van der Waals surface area contributed by atoms with Crippen molar-refractivity contribution in [3.63, 3.8) is 0 Å². The van der Waals surface area contributed by atoms with E-state index in [4.69, 9.17) is 0 Å². The lowest BCUT2D eigenvalue weighted by Crippen LogP contribution is -2.36. The molecule has 1 aromatic heterocycles. The summed E-state index contributed by atoms with van der Waals surface area (Å²) in [6.07, 6.45) is 1.34. The molecule has 114 valence electrons. The molecule has 2 aromatic rings. The standard InChI is InChI=1S/C15H21N3O2S/c1-11-13(10-16-17-11)21(19,20)18-14(15(2,3)4)12-8-6-5-7-9-12/h5-10,14,18H,1-4H3,(H,16,17). The summed E-state index contributed by atoms with van der Waals surface area (Å²) >= 11 is 0. The summed E-state index contributed by atoms with van der Waals surface area (Å²) in [6.45, 7) is 7.72. The van der Waals surface area contributed by atoms with E-state index >= 15 is 0 Å². The van der Waals surface area contributed by atoms with Crippen LogP contribution >= 0.6 is 0 Å². The zero-order valence-electron chi connectivity index (χ0n) is 12.7. The van der Waals surface area contributed by atoms with Gasteiger partial charge in [0.2, 0.25) is 10.0 Å². The number of aromatic nitrogens is 2. The molecule has 0 aliphatic heterocycles. The summed E-state index contributed by atoms with van der Waals surface area (Å²) in [7, 11) is -3.62. The number of hydrogen-bond acceptors (Lipinski definition) is 3. The number of nitrogens with zero attached hydrogens (tertiary/aromatic N) is 1. The average Bonchev–Trinajstić information content (AvgIpc) is 2.83. The summed E-state index contributed by atoms with van der Waals surface area (Å²) in [5.74, 6) is 0. The molecule has 0 spiro atoms. The van der Waals surface area contributed by atoms with Crippen LogP contribution in [0.2, 0.25) is 0 Å². The largest absolute Gasteiger partial charge is 0.281 e. The highest BCUT2D eigenvalue weighted by atomic mass is 32.2. The predicted molar refractivity (Wildman–Crippen MR) is 82.3 cm³/mol. The van der Waals surface area contributed by atoms with Crippen LogP contribution in [0.25, 0.3) is 0 Å². The number of nitrogens with one attached hydrogen (secondary N) is 2. The smallest absolute Gasteiger partial charge is 0.244 e. The molecule has 0 saturated carbocycles. The van der Waals surface area contributed by atoms with E-state index in [1.165, 1.54) is 6.20 Å². The fourth-order valence-corrected chi connectivity index (χ4v) is 3.79. The fourth-order valence-electron chi connectivity index (χ4n) is 2.22. The van der Waals surface area contributed by atoms with Crippen molar-refractivity contribution in [1.82, 2.24) is 14.9 Å². The normalized spacial score (nSPS) is 14.1. The first-order chi connectivity index (χ1) is 9.72. The molecule has 0 fully saturated rings. The minimum atomic E-state index is -3.62. The molecule has 0 radical (unpaired) electrons. The van der Waals surface area contributed by atoms with Crippen LogP contribution in [-0.4, -0.2) is 18.6 Å². The van der Waals surface area contributed by atoms with Gasteiger partial charge in [0.25, 0.3) is 0 Å². The van der Waals surface area contributed by atoms with E-state index in [1.807, 2.05) is 51.1 Å². The molecule has 6 heteroatoms. The molecule has 0 bridgehead atoms. The van der Waals surface area contributed by atoms with Crippen molar-refractivity contribution in [3.8, 4) is 0 Å². The minimum absolute atomic E-state index is 0.188. The predicted octanol–water partition coefficient (Wildman–Crippen LogP) is 2.78. The lowest BCUT2D eigenvalue weighted by atomic mass is 9.83. The van der Waals surface area contributed by atoms with Gasteiger partial charge in [-0.2, -0.15) is 5.10 Å². The van der Waals surface area contributed by atoms with Crippen LogP contribution in [0.15, 0.2) is 41.4 Å². The second-order valence-corrected chi connectivity index (χ2v) is 7.87. The SMILES string of the molecule is Cc1[nH]ncc1S(=O)(=O)NC(c1ccccc1)C(C)(C)C. The molecule has 1 atom stereocenters.